The molecule has 0 aromatic heterocycles. The SMILES string of the molecule is C=C[C@H]1CCc2ccccc2N(C)C1=O. The van der Waals surface area contributed by atoms with Gasteiger partial charge in [0.25, 0.3) is 0 Å². The molecule has 0 unspecified atom stereocenters. The molecule has 1 aromatic carbocycles. The molecular formula is C13H15NO. The van der Waals surface area contributed by atoms with Gasteiger partial charge in [-0.15, -0.1) is 6.58 Å². The fourth-order valence-electron chi connectivity index (χ4n) is 2.07. The van der Waals surface area contributed by atoms with Gasteiger partial charge in [-0.1, -0.05) is 24.3 Å². The van der Waals surface area contributed by atoms with E-state index in [0.717, 1.165) is 18.5 Å². The highest BCUT2D eigenvalue weighted by molar-refractivity contribution is 5.96. The third kappa shape index (κ3) is 1.67. The Labute approximate surface area is 90.2 Å². The molecule has 0 spiro atoms. The minimum Gasteiger partial charge on any atom is -0.315 e. The van der Waals surface area contributed by atoms with Gasteiger partial charge in [-0.3, -0.25) is 4.79 Å². The molecule has 1 aromatic rings. The molecule has 0 bridgehead atoms. The maximum Gasteiger partial charge on any atom is 0.233 e. The van der Waals surface area contributed by atoms with E-state index in [1.54, 1.807) is 11.0 Å². The summed E-state index contributed by atoms with van der Waals surface area (Å²) in [5.41, 5.74) is 2.28. The number of nitrogens with zero attached hydrogens (tertiary/aromatic N) is 1. The second-order valence-electron chi connectivity index (χ2n) is 3.91. The summed E-state index contributed by atoms with van der Waals surface area (Å²) in [7, 11) is 1.84. The van der Waals surface area contributed by atoms with Crippen molar-refractivity contribution in [2.24, 2.45) is 5.92 Å². The monoisotopic (exact) mass is 201 g/mol. The number of aryl methyl sites for hydroxylation is 1. The maximum atomic E-state index is 12.0. The van der Waals surface area contributed by atoms with Gasteiger partial charge in [0.2, 0.25) is 5.91 Å². The van der Waals surface area contributed by atoms with Crippen LogP contribution >= 0.6 is 0 Å². The highest BCUT2D eigenvalue weighted by Gasteiger charge is 2.25. The van der Waals surface area contributed by atoms with Gasteiger partial charge in [0.05, 0.1) is 5.92 Å². The fraction of sp³-hybridized carbons (Fsp3) is 0.308. The minimum atomic E-state index is -0.0394. The van der Waals surface area contributed by atoms with Gasteiger partial charge in [-0.2, -0.15) is 0 Å². The van der Waals surface area contributed by atoms with Crippen molar-refractivity contribution in [3.05, 3.63) is 42.5 Å². The molecule has 0 radical (unpaired) electrons. The third-order valence-electron chi connectivity index (χ3n) is 3.01. The summed E-state index contributed by atoms with van der Waals surface area (Å²) in [4.78, 5) is 13.7. The van der Waals surface area contributed by atoms with Gasteiger partial charge in [0, 0.05) is 12.7 Å². The molecule has 1 atom stereocenters. The normalized spacial score (nSPS) is 20.7. The fourth-order valence-corrected chi connectivity index (χ4v) is 2.07. The van der Waals surface area contributed by atoms with Crippen molar-refractivity contribution in [3.63, 3.8) is 0 Å². The molecule has 0 aliphatic carbocycles. The van der Waals surface area contributed by atoms with E-state index >= 15 is 0 Å². The van der Waals surface area contributed by atoms with E-state index < -0.39 is 0 Å². The predicted octanol–water partition coefficient (Wildman–Crippen LogP) is 2.40. The smallest absolute Gasteiger partial charge is 0.233 e. The highest BCUT2D eigenvalue weighted by atomic mass is 16.2. The summed E-state index contributed by atoms with van der Waals surface area (Å²) in [6, 6.07) is 8.07. The quantitative estimate of drug-likeness (QED) is 0.639. The molecule has 78 valence electrons. The molecule has 1 amide bonds. The van der Waals surface area contributed by atoms with Crippen LogP contribution in [-0.2, 0) is 11.2 Å². The Morgan fingerprint density at radius 2 is 2.20 bits per heavy atom. The number of anilines is 1. The average molecular weight is 201 g/mol. The van der Waals surface area contributed by atoms with Crippen LogP contribution in [0.2, 0.25) is 0 Å². The molecule has 0 N–H and O–H groups in total. The van der Waals surface area contributed by atoms with Crippen LogP contribution < -0.4 is 4.90 Å². The number of fused-ring (bicyclic) bond motifs is 1. The van der Waals surface area contributed by atoms with E-state index in [1.165, 1.54) is 5.56 Å². The highest BCUT2D eigenvalue weighted by Crippen LogP contribution is 2.28. The maximum absolute atomic E-state index is 12.0. The van der Waals surface area contributed by atoms with Crippen LogP contribution in [0, 0.1) is 5.92 Å². The predicted molar refractivity (Wildman–Crippen MR) is 61.9 cm³/mol. The summed E-state index contributed by atoms with van der Waals surface area (Å²) < 4.78 is 0. The van der Waals surface area contributed by atoms with Gasteiger partial charge in [-0.05, 0) is 24.5 Å². The number of hydrogen-bond donors (Lipinski definition) is 0. The topological polar surface area (TPSA) is 20.3 Å². The molecule has 0 saturated heterocycles. The lowest BCUT2D eigenvalue weighted by molar-refractivity contribution is -0.120. The Hall–Kier alpha value is -1.57. The van der Waals surface area contributed by atoms with Crippen molar-refractivity contribution < 1.29 is 4.79 Å². The molecule has 2 heteroatoms. The first-order valence-electron chi connectivity index (χ1n) is 5.22. The molecule has 0 fully saturated rings. The largest absolute Gasteiger partial charge is 0.315 e. The molecular weight excluding hydrogens is 186 g/mol. The number of hydrogen-bond acceptors (Lipinski definition) is 1. The van der Waals surface area contributed by atoms with Crippen LogP contribution in [0.1, 0.15) is 12.0 Å². The summed E-state index contributed by atoms with van der Waals surface area (Å²) in [5.74, 6) is 0.109. The van der Waals surface area contributed by atoms with Crippen LogP contribution in [0.5, 0.6) is 0 Å². The van der Waals surface area contributed by atoms with Crippen molar-refractivity contribution in [3.8, 4) is 0 Å². The van der Waals surface area contributed by atoms with Gasteiger partial charge in [0.1, 0.15) is 0 Å². The summed E-state index contributed by atoms with van der Waals surface area (Å²) in [6.45, 7) is 3.73. The number of para-hydroxylation sites is 1. The molecule has 1 heterocycles. The van der Waals surface area contributed by atoms with E-state index in [2.05, 4.69) is 12.6 Å². The van der Waals surface area contributed by atoms with Crippen molar-refractivity contribution in [2.75, 3.05) is 11.9 Å². The minimum absolute atomic E-state index is 0.0394. The van der Waals surface area contributed by atoms with Gasteiger partial charge < -0.3 is 4.90 Å². The van der Waals surface area contributed by atoms with Gasteiger partial charge in [-0.25, -0.2) is 0 Å². The standard InChI is InChI=1S/C13H15NO/c1-3-10-8-9-11-6-4-5-7-12(11)14(2)13(10)15/h3-7,10H,1,8-9H2,2H3/t10-/m0/s1. The lowest BCUT2D eigenvalue weighted by Crippen LogP contribution is -2.30. The zero-order valence-corrected chi connectivity index (χ0v) is 8.94. The number of amides is 1. The zero-order chi connectivity index (χ0) is 10.8. The van der Waals surface area contributed by atoms with Crippen molar-refractivity contribution >= 4 is 11.6 Å². The Bertz CT molecular complexity index is 397. The lowest BCUT2D eigenvalue weighted by Gasteiger charge is -2.19. The van der Waals surface area contributed by atoms with E-state index in [1.807, 2.05) is 25.2 Å². The molecule has 1 aliphatic rings. The van der Waals surface area contributed by atoms with Gasteiger partial charge >= 0.3 is 0 Å². The average Bonchev–Trinajstić information content (AvgIpc) is 2.39. The van der Waals surface area contributed by atoms with E-state index in [-0.39, 0.29) is 11.8 Å². The Balaban J connectivity index is 2.43. The lowest BCUT2D eigenvalue weighted by atomic mass is 10.0. The molecule has 0 saturated carbocycles. The van der Waals surface area contributed by atoms with Crippen LogP contribution in [0.25, 0.3) is 0 Å². The van der Waals surface area contributed by atoms with E-state index in [9.17, 15) is 4.79 Å². The van der Waals surface area contributed by atoms with Crippen molar-refractivity contribution in [2.45, 2.75) is 12.8 Å². The number of benzene rings is 1. The number of rotatable bonds is 1. The molecule has 15 heavy (non-hydrogen) atoms. The molecule has 1 aliphatic heterocycles. The second-order valence-corrected chi connectivity index (χ2v) is 3.91. The van der Waals surface area contributed by atoms with E-state index in [0.29, 0.717) is 0 Å². The van der Waals surface area contributed by atoms with Crippen LogP contribution in [-0.4, -0.2) is 13.0 Å². The number of carbonyl (C=O) groups excluding carboxylic acids is 1. The van der Waals surface area contributed by atoms with Crippen LogP contribution in [0.15, 0.2) is 36.9 Å². The van der Waals surface area contributed by atoms with Crippen LogP contribution in [0.4, 0.5) is 5.69 Å². The third-order valence-corrected chi connectivity index (χ3v) is 3.01. The van der Waals surface area contributed by atoms with Crippen molar-refractivity contribution in [1.29, 1.82) is 0 Å². The molecule has 2 nitrogen and oxygen atoms in total. The second kappa shape index (κ2) is 3.89. The summed E-state index contributed by atoms with van der Waals surface area (Å²) >= 11 is 0. The summed E-state index contributed by atoms with van der Waals surface area (Å²) in [6.07, 6.45) is 3.57. The van der Waals surface area contributed by atoms with E-state index in [4.69, 9.17) is 0 Å². The Morgan fingerprint density at radius 3 is 2.93 bits per heavy atom. The first-order chi connectivity index (χ1) is 7.24. The van der Waals surface area contributed by atoms with Crippen molar-refractivity contribution in [1.82, 2.24) is 0 Å². The first kappa shape index (κ1) is 9.97. The Morgan fingerprint density at radius 1 is 1.47 bits per heavy atom. The number of carbonyl (C=O) groups is 1. The summed E-state index contributed by atoms with van der Waals surface area (Å²) in [5, 5.41) is 0. The van der Waals surface area contributed by atoms with Crippen LogP contribution in [0.3, 0.4) is 0 Å². The molecule has 2 rings (SSSR count). The Kier molecular flexibility index (Phi) is 2.58. The van der Waals surface area contributed by atoms with Gasteiger partial charge in [0.15, 0.2) is 0 Å². The zero-order valence-electron chi connectivity index (χ0n) is 8.94. The first-order valence-corrected chi connectivity index (χ1v) is 5.22.